The minimum atomic E-state index is -0.516. The number of benzene rings is 1. The Hall–Kier alpha value is -2.80. The molecule has 2 heterocycles. The van der Waals surface area contributed by atoms with E-state index in [1.807, 2.05) is 24.3 Å². The number of amides is 2. The number of hydrogen-bond donors (Lipinski definition) is 2. The number of piperazine rings is 1. The second-order valence-corrected chi connectivity index (χ2v) is 6.90. The minimum Gasteiger partial charge on any atom is -0.497 e. The molecule has 1 aliphatic carbocycles. The van der Waals surface area contributed by atoms with Crippen molar-refractivity contribution in [1.29, 1.82) is 0 Å². The summed E-state index contributed by atoms with van der Waals surface area (Å²) in [6, 6.07) is 10.6. The second kappa shape index (κ2) is 7.44. The summed E-state index contributed by atoms with van der Waals surface area (Å²) in [4.78, 5) is 27.1. The van der Waals surface area contributed by atoms with Gasteiger partial charge in [0.05, 0.1) is 7.11 Å². The second-order valence-electron chi connectivity index (χ2n) is 6.90. The molecule has 2 N–H and O–H groups in total. The van der Waals surface area contributed by atoms with Gasteiger partial charge in [-0.05, 0) is 37.1 Å². The highest BCUT2D eigenvalue weighted by Gasteiger charge is 2.36. The van der Waals surface area contributed by atoms with E-state index in [1.54, 1.807) is 24.1 Å². The predicted octanol–water partition coefficient (Wildman–Crippen LogP) is 1.65. The molecule has 1 aromatic carbocycles. The number of furan rings is 1. The number of carbonyl (C=O) groups is 2. The number of carbonyl (C=O) groups excluding carboxylic acids is 2. The van der Waals surface area contributed by atoms with Gasteiger partial charge in [-0.2, -0.15) is 0 Å². The van der Waals surface area contributed by atoms with Gasteiger partial charge in [0.2, 0.25) is 5.91 Å². The number of ether oxygens (including phenoxy) is 1. The van der Waals surface area contributed by atoms with Gasteiger partial charge in [0.1, 0.15) is 17.6 Å². The SMILES string of the molecule is COc1cccc(-c2ccc(C(=O)N3CCNC[C@@H]3C(=O)NC3CC3)o2)c1. The average Bonchev–Trinajstić information content (AvgIpc) is 3.39. The van der Waals surface area contributed by atoms with Gasteiger partial charge in [-0.25, -0.2) is 0 Å². The normalized spacial score (nSPS) is 19.6. The Morgan fingerprint density at radius 1 is 1.26 bits per heavy atom. The quantitative estimate of drug-likeness (QED) is 0.837. The smallest absolute Gasteiger partial charge is 0.290 e. The zero-order valence-corrected chi connectivity index (χ0v) is 15.2. The molecule has 1 atom stereocenters. The molecule has 0 unspecified atom stereocenters. The van der Waals surface area contributed by atoms with E-state index in [9.17, 15) is 9.59 Å². The van der Waals surface area contributed by atoms with Crippen LogP contribution >= 0.6 is 0 Å². The van der Waals surface area contributed by atoms with Crippen molar-refractivity contribution in [2.45, 2.75) is 24.9 Å². The first-order chi connectivity index (χ1) is 13.2. The molecule has 1 aliphatic heterocycles. The van der Waals surface area contributed by atoms with Crippen LogP contribution in [0.1, 0.15) is 23.4 Å². The number of methoxy groups -OCH3 is 1. The van der Waals surface area contributed by atoms with Crippen LogP contribution in [0.25, 0.3) is 11.3 Å². The van der Waals surface area contributed by atoms with Crippen molar-refractivity contribution in [3.63, 3.8) is 0 Å². The van der Waals surface area contributed by atoms with Crippen LogP contribution in [-0.4, -0.2) is 55.5 Å². The molecule has 0 radical (unpaired) electrons. The molecule has 142 valence electrons. The molecule has 4 rings (SSSR count). The van der Waals surface area contributed by atoms with Crippen LogP contribution in [-0.2, 0) is 4.79 Å². The Balaban J connectivity index is 1.52. The van der Waals surface area contributed by atoms with E-state index in [-0.39, 0.29) is 23.6 Å². The lowest BCUT2D eigenvalue weighted by Crippen LogP contribution is -2.59. The van der Waals surface area contributed by atoms with Crippen LogP contribution in [0.15, 0.2) is 40.8 Å². The van der Waals surface area contributed by atoms with Gasteiger partial charge in [-0.15, -0.1) is 0 Å². The van der Waals surface area contributed by atoms with Crippen LogP contribution < -0.4 is 15.4 Å². The van der Waals surface area contributed by atoms with Crippen molar-refractivity contribution in [3.05, 3.63) is 42.2 Å². The molecule has 2 fully saturated rings. The maximum Gasteiger partial charge on any atom is 0.290 e. The fraction of sp³-hybridized carbons (Fsp3) is 0.400. The third-order valence-corrected chi connectivity index (χ3v) is 4.90. The zero-order valence-electron chi connectivity index (χ0n) is 15.2. The molecule has 1 aromatic heterocycles. The molecule has 7 heteroatoms. The lowest BCUT2D eigenvalue weighted by atomic mass is 10.1. The molecule has 0 spiro atoms. The van der Waals surface area contributed by atoms with Gasteiger partial charge in [0.15, 0.2) is 5.76 Å². The molecular weight excluding hydrogens is 346 g/mol. The lowest BCUT2D eigenvalue weighted by Gasteiger charge is -2.34. The first-order valence-electron chi connectivity index (χ1n) is 9.22. The Morgan fingerprint density at radius 3 is 2.89 bits per heavy atom. The summed E-state index contributed by atoms with van der Waals surface area (Å²) in [7, 11) is 1.60. The Labute approximate surface area is 157 Å². The van der Waals surface area contributed by atoms with Gasteiger partial charge in [-0.3, -0.25) is 9.59 Å². The molecule has 27 heavy (non-hydrogen) atoms. The zero-order chi connectivity index (χ0) is 18.8. The molecular formula is C20H23N3O4. The minimum absolute atomic E-state index is 0.0994. The van der Waals surface area contributed by atoms with Gasteiger partial charge < -0.3 is 24.7 Å². The largest absolute Gasteiger partial charge is 0.497 e. The van der Waals surface area contributed by atoms with Gasteiger partial charge in [-0.1, -0.05) is 12.1 Å². The average molecular weight is 369 g/mol. The summed E-state index contributed by atoms with van der Waals surface area (Å²) in [5.74, 6) is 1.18. The predicted molar refractivity (Wildman–Crippen MR) is 99.6 cm³/mol. The molecule has 1 saturated carbocycles. The van der Waals surface area contributed by atoms with Crippen LogP contribution in [0.3, 0.4) is 0 Å². The van der Waals surface area contributed by atoms with Crippen molar-refractivity contribution in [1.82, 2.24) is 15.5 Å². The van der Waals surface area contributed by atoms with Crippen molar-refractivity contribution in [2.75, 3.05) is 26.7 Å². The van der Waals surface area contributed by atoms with Crippen LogP contribution in [0, 0.1) is 0 Å². The van der Waals surface area contributed by atoms with E-state index < -0.39 is 6.04 Å². The summed E-state index contributed by atoms with van der Waals surface area (Å²) in [6.07, 6.45) is 2.03. The van der Waals surface area contributed by atoms with Crippen molar-refractivity contribution in [2.24, 2.45) is 0 Å². The number of rotatable bonds is 5. The van der Waals surface area contributed by atoms with Crippen molar-refractivity contribution >= 4 is 11.8 Å². The van der Waals surface area contributed by atoms with Crippen LogP contribution in [0.2, 0.25) is 0 Å². The van der Waals surface area contributed by atoms with Crippen molar-refractivity contribution in [3.8, 4) is 17.1 Å². The molecule has 2 amide bonds. The van der Waals surface area contributed by atoms with Crippen LogP contribution in [0.4, 0.5) is 0 Å². The molecule has 2 aliphatic rings. The maximum atomic E-state index is 13.0. The van der Waals surface area contributed by atoms with Crippen molar-refractivity contribution < 1.29 is 18.7 Å². The summed E-state index contributed by atoms with van der Waals surface area (Å²) in [5, 5.41) is 6.18. The standard InChI is InChI=1S/C20H23N3O4/c1-26-15-4-2-3-13(11-15)17-7-8-18(27-17)20(25)23-10-9-21-12-16(23)19(24)22-14-5-6-14/h2-4,7-8,11,14,16,21H,5-6,9-10,12H2,1H3,(H,22,24)/t16-/m1/s1. The van der Waals surface area contributed by atoms with E-state index in [0.717, 1.165) is 24.2 Å². The lowest BCUT2D eigenvalue weighted by molar-refractivity contribution is -0.126. The van der Waals surface area contributed by atoms with E-state index in [0.29, 0.717) is 25.4 Å². The number of nitrogens with zero attached hydrogens (tertiary/aromatic N) is 1. The third kappa shape index (κ3) is 3.83. The molecule has 0 bridgehead atoms. The molecule has 7 nitrogen and oxygen atoms in total. The molecule has 1 saturated heterocycles. The topological polar surface area (TPSA) is 83.8 Å². The van der Waals surface area contributed by atoms with Gasteiger partial charge in [0, 0.05) is 31.2 Å². The highest BCUT2D eigenvalue weighted by molar-refractivity contribution is 5.96. The number of hydrogen-bond acceptors (Lipinski definition) is 5. The maximum absolute atomic E-state index is 13.0. The fourth-order valence-corrected chi connectivity index (χ4v) is 3.23. The summed E-state index contributed by atoms with van der Waals surface area (Å²) < 4.78 is 11.0. The fourth-order valence-electron chi connectivity index (χ4n) is 3.23. The summed E-state index contributed by atoms with van der Waals surface area (Å²) in [6.45, 7) is 1.58. The first-order valence-corrected chi connectivity index (χ1v) is 9.22. The summed E-state index contributed by atoms with van der Waals surface area (Å²) >= 11 is 0. The van der Waals surface area contributed by atoms with E-state index >= 15 is 0 Å². The Bertz CT molecular complexity index is 843. The highest BCUT2D eigenvalue weighted by atomic mass is 16.5. The molecule has 2 aromatic rings. The summed E-state index contributed by atoms with van der Waals surface area (Å²) in [5.41, 5.74) is 0.830. The Morgan fingerprint density at radius 2 is 2.11 bits per heavy atom. The van der Waals surface area contributed by atoms with E-state index in [1.165, 1.54) is 0 Å². The van der Waals surface area contributed by atoms with E-state index in [2.05, 4.69) is 10.6 Å². The third-order valence-electron chi connectivity index (χ3n) is 4.90. The van der Waals surface area contributed by atoms with Crippen LogP contribution in [0.5, 0.6) is 5.75 Å². The van der Waals surface area contributed by atoms with Gasteiger partial charge >= 0.3 is 0 Å². The highest BCUT2D eigenvalue weighted by Crippen LogP contribution is 2.27. The Kier molecular flexibility index (Phi) is 4.85. The monoisotopic (exact) mass is 369 g/mol. The first kappa shape index (κ1) is 17.6. The van der Waals surface area contributed by atoms with Gasteiger partial charge in [0.25, 0.3) is 5.91 Å². The number of nitrogens with one attached hydrogen (secondary N) is 2. The van der Waals surface area contributed by atoms with E-state index in [4.69, 9.17) is 9.15 Å².